The SMILES string of the molecule is CCNCCC(=O)NCC1CCCC(C)C1. The van der Waals surface area contributed by atoms with Gasteiger partial charge in [-0.3, -0.25) is 4.79 Å². The topological polar surface area (TPSA) is 41.1 Å². The van der Waals surface area contributed by atoms with E-state index in [1.807, 2.05) is 0 Å². The Kier molecular flexibility index (Phi) is 6.46. The molecule has 16 heavy (non-hydrogen) atoms. The van der Waals surface area contributed by atoms with Crippen molar-refractivity contribution in [3.05, 3.63) is 0 Å². The van der Waals surface area contributed by atoms with Crippen molar-refractivity contribution in [1.82, 2.24) is 10.6 Å². The monoisotopic (exact) mass is 226 g/mol. The average Bonchev–Trinajstić information content (AvgIpc) is 2.27. The Morgan fingerprint density at radius 1 is 1.38 bits per heavy atom. The van der Waals surface area contributed by atoms with Gasteiger partial charge >= 0.3 is 0 Å². The van der Waals surface area contributed by atoms with Crippen LogP contribution in [0, 0.1) is 11.8 Å². The van der Waals surface area contributed by atoms with E-state index in [-0.39, 0.29) is 5.91 Å². The summed E-state index contributed by atoms with van der Waals surface area (Å²) in [6, 6.07) is 0. The molecule has 2 atom stereocenters. The Labute approximate surface area is 99.4 Å². The molecule has 0 aromatic carbocycles. The molecule has 3 nitrogen and oxygen atoms in total. The van der Waals surface area contributed by atoms with Crippen molar-refractivity contribution in [2.45, 2.75) is 46.0 Å². The summed E-state index contributed by atoms with van der Waals surface area (Å²) in [6.07, 6.45) is 5.88. The quantitative estimate of drug-likeness (QED) is 0.679. The largest absolute Gasteiger partial charge is 0.356 e. The Bertz CT molecular complexity index is 206. The van der Waals surface area contributed by atoms with Crippen LogP contribution in [0.3, 0.4) is 0 Å². The molecule has 0 heterocycles. The zero-order chi connectivity index (χ0) is 11.8. The number of amides is 1. The Balaban J connectivity index is 2.06. The number of carbonyl (C=O) groups excluding carboxylic acids is 1. The van der Waals surface area contributed by atoms with Gasteiger partial charge < -0.3 is 10.6 Å². The van der Waals surface area contributed by atoms with E-state index < -0.39 is 0 Å². The van der Waals surface area contributed by atoms with Crippen LogP contribution in [-0.4, -0.2) is 25.5 Å². The molecule has 0 spiro atoms. The predicted molar refractivity (Wildman–Crippen MR) is 67.3 cm³/mol. The lowest BCUT2D eigenvalue weighted by Gasteiger charge is -2.26. The molecule has 0 bridgehead atoms. The molecule has 2 unspecified atom stereocenters. The van der Waals surface area contributed by atoms with Gasteiger partial charge in [0.05, 0.1) is 0 Å². The maximum absolute atomic E-state index is 11.5. The van der Waals surface area contributed by atoms with Crippen molar-refractivity contribution in [2.75, 3.05) is 19.6 Å². The van der Waals surface area contributed by atoms with E-state index in [0.29, 0.717) is 12.3 Å². The maximum Gasteiger partial charge on any atom is 0.221 e. The summed E-state index contributed by atoms with van der Waals surface area (Å²) in [6.45, 7) is 6.99. The summed E-state index contributed by atoms with van der Waals surface area (Å²) in [5.74, 6) is 1.75. The van der Waals surface area contributed by atoms with Crippen LogP contribution in [0.5, 0.6) is 0 Å². The summed E-state index contributed by atoms with van der Waals surface area (Å²) in [7, 11) is 0. The second-order valence-electron chi connectivity index (χ2n) is 5.05. The van der Waals surface area contributed by atoms with Gasteiger partial charge in [-0.25, -0.2) is 0 Å². The third-order valence-corrected chi connectivity index (χ3v) is 3.41. The number of hydrogen-bond acceptors (Lipinski definition) is 2. The molecule has 1 saturated carbocycles. The minimum atomic E-state index is 0.194. The van der Waals surface area contributed by atoms with Gasteiger partial charge in [-0.05, 0) is 31.2 Å². The third-order valence-electron chi connectivity index (χ3n) is 3.41. The second kappa shape index (κ2) is 7.66. The Hall–Kier alpha value is -0.570. The summed E-state index contributed by atoms with van der Waals surface area (Å²) in [5, 5.41) is 6.22. The highest BCUT2D eigenvalue weighted by molar-refractivity contribution is 5.76. The molecule has 0 radical (unpaired) electrons. The molecule has 1 fully saturated rings. The van der Waals surface area contributed by atoms with Gasteiger partial charge in [0.2, 0.25) is 5.91 Å². The highest BCUT2D eigenvalue weighted by Crippen LogP contribution is 2.27. The molecular weight excluding hydrogens is 200 g/mol. The van der Waals surface area contributed by atoms with Gasteiger partial charge in [0, 0.05) is 19.5 Å². The minimum Gasteiger partial charge on any atom is -0.356 e. The predicted octanol–water partition coefficient (Wildman–Crippen LogP) is 1.93. The van der Waals surface area contributed by atoms with Crippen molar-refractivity contribution in [2.24, 2.45) is 11.8 Å². The third kappa shape index (κ3) is 5.50. The molecule has 0 aromatic heterocycles. The summed E-state index contributed by atoms with van der Waals surface area (Å²) >= 11 is 0. The van der Waals surface area contributed by atoms with Crippen LogP contribution in [0.1, 0.15) is 46.0 Å². The van der Waals surface area contributed by atoms with Crippen LogP contribution in [0.15, 0.2) is 0 Å². The van der Waals surface area contributed by atoms with Crippen molar-refractivity contribution >= 4 is 5.91 Å². The van der Waals surface area contributed by atoms with E-state index in [4.69, 9.17) is 0 Å². The van der Waals surface area contributed by atoms with E-state index in [0.717, 1.165) is 25.6 Å². The van der Waals surface area contributed by atoms with Gasteiger partial charge in [0.1, 0.15) is 0 Å². The highest BCUT2D eigenvalue weighted by atomic mass is 16.1. The average molecular weight is 226 g/mol. The zero-order valence-electron chi connectivity index (χ0n) is 10.7. The highest BCUT2D eigenvalue weighted by Gasteiger charge is 2.18. The first-order valence-corrected chi connectivity index (χ1v) is 6.69. The first kappa shape index (κ1) is 13.5. The summed E-state index contributed by atoms with van der Waals surface area (Å²) < 4.78 is 0. The molecule has 0 aliphatic heterocycles. The number of carbonyl (C=O) groups is 1. The van der Waals surface area contributed by atoms with Gasteiger partial charge in [-0.2, -0.15) is 0 Å². The van der Waals surface area contributed by atoms with E-state index in [2.05, 4.69) is 24.5 Å². The standard InChI is InChI=1S/C13H26N2O/c1-3-14-8-7-13(16)15-10-12-6-4-5-11(2)9-12/h11-12,14H,3-10H2,1-2H3,(H,15,16). The molecule has 3 heteroatoms. The van der Waals surface area contributed by atoms with E-state index in [1.165, 1.54) is 25.7 Å². The smallest absolute Gasteiger partial charge is 0.221 e. The second-order valence-corrected chi connectivity index (χ2v) is 5.05. The van der Waals surface area contributed by atoms with Crippen molar-refractivity contribution < 1.29 is 4.79 Å². The summed E-state index contributed by atoms with van der Waals surface area (Å²) in [4.78, 5) is 11.5. The molecule has 1 amide bonds. The zero-order valence-corrected chi connectivity index (χ0v) is 10.7. The van der Waals surface area contributed by atoms with Gasteiger partial charge in [-0.1, -0.05) is 26.7 Å². The normalized spacial score (nSPS) is 25.4. The fraction of sp³-hybridized carbons (Fsp3) is 0.923. The van der Waals surface area contributed by atoms with Crippen LogP contribution >= 0.6 is 0 Å². The van der Waals surface area contributed by atoms with Crippen LogP contribution in [-0.2, 0) is 4.79 Å². The van der Waals surface area contributed by atoms with Gasteiger partial charge in [-0.15, -0.1) is 0 Å². The van der Waals surface area contributed by atoms with E-state index in [9.17, 15) is 4.79 Å². The fourth-order valence-electron chi connectivity index (χ4n) is 2.47. The van der Waals surface area contributed by atoms with Crippen molar-refractivity contribution in [1.29, 1.82) is 0 Å². The van der Waals surface area contributed by atoms with E-state index >= 15 is 0 Å². The number of rotatable bonds is 6. The first-order chi connectivity index (χ1) is 7.72. The number of nitrogens with one attached hydrogen (secondary N) is 2. The Morgan fingerprint density at radius 3 is 2.88 bits per heavy atom. The van der Waals surface area contributed by atoms with Crippen molar-refractivity contribution in [3.8, 4) is 0 Å². The van der Waals surface area contributed by atoms with Gasteiger partial charge in [0.25, 0.3) is 0 Å². The first-order valence-electron chi connectivity index (χ1n) is 6.69. The van der Waals surface area contributed by atoms with Crippen LogP contribution in [0.25, 0.3) is 0 Å². The molecule has 0 aromatic rings. The molecular formula is C13H26N2O. The fourth-order valence-corrected chi connectivity index (χ4v) is 2.47. The Morgan fingerprint density at radius 2 is 2.19 bits per heavy atom. The lowest BCUT2D eigenvalue weighted by molar-refractivity contribution is -0.121. The van der Waals surface area contributed by atoms with Crippen LogP contribution in [0.2, 0.25) is 0 Å². The van der Waals surface area contributed by atoms with Crippen LogP contribution < -0.4 is 10.6 Å². The molecule has 1 aliphatic carbocycles. The molecule has 1 rings (SSSR count). The molecule has 1 aliphatic rings. The number of hydrogen-bond donors (Lipinski definition) is 2. The minimum absolute atomic E-state index is 0.194. The summed E-state index contributed by atoms with van der Waals surface area (Å²) in [5.41, 5.74) is 0. The maximum atomic E-state index is 11.5. The van der Waals surface area contributed by atoms with E-state index in [1.54, 1.807) is 0 Å². The molecule has 0 saturated heterocycles. The van der Waals surface area contributed by atoms with Gasteiger partial charge in [0.15, 0.2) is 0 Å². The van der Waals surface area contributed by atoms with Crippen molar-refractivity contribution in [3.63, 3.8) is 0 Å². The molecule has 2 N–H and O–H groups in total. The molecule has 94 valence electrons. The lowest BCUT2D eigenvalue weighted by Crippen LogP contribution is -2.33. The van der Waals surface area contributed by atoms with Crippen LogP contribution in [0.4, 0.5) is 0 Å². The lowest BCUT2D eigenvalue weighted by atomic mass is 9.82.